The summed E-state index contributed by atoms with van der Waals surface area (Å²) in [6, 6.07) is 23.8. The lowest BCUT2D eigenvalue weighted by atomic mass is 9.91. The molecule has 242 valence electrons. The zero-order valence-corrected chi connectivity index (χ0v) is 26.3. The molecular weight excluding hydrogens is 596 g/mol. The van der Waals surface area contributed by atoms with Crippen LogP contribution < -0.4 is 10.6 Å². The number of nitrogens with one attached hydrogen (secondary N) is 2. The van der Waals surface area contributed by atoms with Gasteiger partial charge in [0.1, 0.15) is 12.6 Å². The third-order valence-electron chi connectivity index (χ3n) is 9.57. The van der Waals surface area contributed by atoms with Crippen LogP contribution >= 0.6 is 0 Å². The minimum absolute atomic E-state index is 0.0153. The van der Waals surface area contributed by atoms with Crippen molar-refractivity contribution in [1.82, 2.24) is 15.5 Å². The van der Waals surface area contributed by atoms with Gasteiger partial charge in [-0.3, -0.25) is 19.3 Å². The van der Waals surface area contributed by atoms with Crippen LogP contribution in [0.5, 0.6) is 0 Å². The van der Waals surface area contributed by atoms with E-state index in [1.807, 2.05) is 73.7 Å². The molecule has 0 aromatic heterocycles. The highest BCUT2D eigenvalue weighted by atomic mass is 16.7. The number of benzene rings is 3. The molecule has 2 fully saturated rings. The third kappa shape index (κ3) is 6.12. The Hall–Kier alpha value is -4.99. The monoisotopic (exact) mass is 634 g/mol. The maximum atomic E-state index is 13.9. The van der Waals surface area contributed by atoms with Crippen LogP contribution in [0, 0.1) is 0 Å². The molecule has 3 amide bonds. The first kappa shape index (κ1) is 30.7. The number of carbonyl (C=O) groups excluding carboxylic acids is 4. The van der Waals surface area contributed by atoms with Crippen molar-refractivity contribution in [1.29, 1.82) is 0 Å². The average molecular weight is 635 g/mol. The molecule has 4 aliphatic rings. The van der Waals surface area contributed by atoms with Gasteiger partial charge in [0.05, 0.1) is 18.3 Å². The Morgan fingerprint density at radius 3 is 2.28 bits per heavy atom. The quantitative estimate of drug-likeness (QED) is 0.311. The molecule has 1 saturated carbocycles. The van der Waals surface area contributed by atoms with E-state index < -0.39 is 41.4 Å². The number of ether oxygens (including phenoxy) is 1. The number of ketones is 1. The predicted molar refractivity (Wildman–Crippen MR) is 175 cm³/mol. The third-order valence-corrected chi connectivity index (χ3v) is 9.57. The zero-order chi connectivity index (χ0) is 32.5. The van der Waals surface area contributed by atoms with Crippen LogP contribution in [0.4, 0.5) is 4.79 Å². The largest absolute Gasteiger partial charge is 0.448 e. The fraction of sp³-hybridized carbons (Fsp3) is 0.378. The number of rotatable bonds is 10. The first-order valence-electron chi connectivity index (χ1n) is 16.4. The van der Waals surface area contributed by atoms with Crippen molar-refractivity contribution in [3.8, 4) is 11.1 Å². The molecule has 10 heteroatoms. The molecule has 1 saturated heterocycles. The lowest BCUT2D eigenvalue weighted by Crippen LogP contribution is -2.53. The summed E-state index contributed by atoms with van der Waals surface area (Å²) < 4.78 is 5.99. The summed E-state index contributed by atoms with van der Waals surface area (Å²) in [4.78, 5) is 61.0. The zero-order valence-electron chi connectivity index (χ0n) is 26.3. The van der Waals surface area contributed by atoms with Crippen molar-refractivity contribution < 1.29 is 28.8 Å². The van der Waals surface area contributed by atoms with Crippen LogP contribution in [-0.2, 0) is 24.0 Å². The number of carbonyl (C=O) groups is 4. The van der Waals surface area contributed by atoms with Crippen molar-refractivity contribution in [2.75, 3.05) is 13.2 Å². The minimum Gasteiger partial charge on any atom is -0.448 e. The second kappa shape index (κ2) is 12.7. The molecule has 1 spiro atoms. The molecule has 7 rings (SSSR count). The van der Waals surface area contributed by atoms with Gasteiger partial charge in [-0.25, -0.2) is 4.79 Å². The molecule has 3 aromatic carbocycles. The fourth-order valence-corrected chi connectivity index (χ4v) is 7.02. The van der Waals surface area contributed by atoms with Gasteiger partial charge in [-0.2, -0.15) is 0 Å². The standard InChI is InChI=1S/C37H38N4O6/c1-2-10-30(33(42)35(44)38-24-17-18-24)39-34(43)32-20-37(19-31(40-47-37)23-11-4-3-5-12-23)22-41(32)36(45)46-21-29-27-15-8-6-13-25(27)26-14-7-9-16-28(26)29/h3-9,11-16,24,29-30,32H,2,10,17-22H2,1H3,(H,38,44)(H,39,43)/t30-,32-,37+/m0/s1. The molecule has 0 unspecified atom stereocenters. The van der Waals surface area contributed by atoms with E-state index >= 15 is 0 Å². The highest BCUT2D eigenvalue weighted by molar-refractivity contribution is 6.38. The highest BCUT2D eigenvalue weighted by Crippen LogP contribution is 2.45. The van der Waals surface area contributed by atoms with Crippen LogP contribution in [0.25, 0.3) is 11.1 Å². The first-order valence-corrected chi connectivity index (χ1v) is 16.4. The Bertz CT molecular complexity index is 1690. The second-order valence-electron chi connectivity index (χ2n) is 13.0. The molecule has 2 N–H and O–H groups in total. The number of hydrogen-bond acceptors (Lipinski definition) is 7. The predicted octanol–water partition coefficient (Wildman–Crippen LogP) is 4.71. The van der Waals surface area contributed by atoms with Gasteiger partial charge in [0.2, 0.25) is 11.7 Å². The maximum absolute atomic E-state index is 13.9. The van der Waals surface area contributed by atoms with E-state index in [0.29, 0.717) is 19.3 Å². The van der Waals surface area contributed by atoms with Gasteiger partial charge in [0.15, 0.2) is 5.60 Å². The van der Waals surface area contributed by atoms with Gasteiger partial charge in [-0.1, -0.05) is 97.4 Å². The lowest BCUT2D eigenvalue weighted by molar-refractivity contribution is -0.140. The summed E-state index contributed by atoms with van der Waals surface area (Å²) in [6.07, 6.45) is 2.47. The van der Waals surface area contributed by atoms with Crippen molar-refractivity contribution >= 4 is 29.4 Å². The molecule has 3 atom stereocenters. The van der Waals surface area contributed by atoms with E-state index in [-0.39, 0.29) is 31.5 Å². The van der Waals surface area contributed by atoms with Crippen LogP contribution in [-0.4, -0.2) is 71.2 Å². The maximum Gasteiger partial charge on any atom is 0.410 e. The number of Topliss-reactive ketones (excluding diaryl/α,β-unsaturated/α-hetero) is 1. The highest BCUT2D eigenvalue weighted by Gasteiger charge is 2.55. The normalized spacial score (nSPS) is 21.8. The number of oxime groups is 1. The summed E-state index contributed by atoms with van der Waals surface area (Å²) in [5.74, 6) is -2.05. The molecule has 3 aromatic rings. The molecule has 0 radical (unpaired) electrons. The van der Waals surface area contributed by atoms with Crippen molar-refractivity contribution in [3.05, 3.63) is 95.6 Å². The molecule has 10 nitrogen and oxygen atoms in total. The number of fused-ring (bicyclic) bond motifs is 3. The number of nitrogens with zero attached hydrogens (tertiary/aromatic N) is 2. The summed E-state index contributed by atoms with van der Waals surface area (Å²) in [6.45, 7) is 2.05. The van der Waals surface area contributed by atoms with Gasteiger partial charge in [-0.15, -0.1) is 0 Å². The topological polar surface area (TPSA) is 126 Å². The molecule has 0 bridgehead atoms. The molecule has 47 heavy (non-hydrogen) atoms. The molecule has 2 aliphatic heterocycles. The van der Waals surface area contributed by atoms with Gasteiger partial charge in [0.25, 0.3) is 5.91 Å². The van der Waals surface area contributed by atoms with E-state index in [9.17, 15) is 19.2 Å². The fourth-order valence-electron chi connectivity index (χ4n) is 7.02. The molecule has 2 heterocycles. The van der Waals surface area contributed by atoms with Crippen LogP contribution in [0.3, 0.4) is 0 Å². The SMILES string of the molecule is CCC[C@H](NC(=O)[C@@H]1C[C@]2(CC(c3ccccc3)=NO2)CN1C(=O)OCC1c2ccccc2-c2ccccc21)C(=O)C(=O)NC1CC1. The van der Waals surface area contributed by atoms with E-state index in [0.717, 1.165) is 46.4 Å². The van der Waals surface area contributed by atoms with Gasteiger partial charge >= 0.3 is 6.09 Å². The van der Waals surface area contributed by atoms with Gasteiger partial charge < -0.3 is 20.2 Å². The Morgan fingerprint density at radius 1 is 0.957 bits per heavy atom. The van der Waals surface area contributed by atoms with Crippen molar-refractivity contribution in [3.63, 3.8) is 0 Å². The number of hydrogen-bond donors (Lipinski definition) is 2. The Labute approximate surface area is 273 Å². The van der Waals surface area contributed by atoms with E-state index in [1.165, 1.54) is 4.90 Å². The first-order chi connectivity index (χ1) is 22.9. The van der Waals surface area contributed by atoms with E-state index in [2.05, 4.69) is 27.9 Å². The number of amides is 3. The van der Waals surface area contributed by atoms with Crippen LogP contribution in [0.1, 0.15) is 68.1 Å². The van der Waals surface area contributed by atoms with E-state index in [1.54, 1.807) is 0 Å². The van der Waals surface area contributed by atoms with Crippen molar-refractivity contribution in [2.45, 2.75) is 75.1 Å². The van der Waals surface area contributed by atoms with E-state index in [4.69, 9.17) is 9.57 Å². The second-order valence-corrected chi connectivity index (χ2v) is 13.0. The number of likely N-dealkylation sites (tertiary alicyclic amines) is 1. The summed E-state index contributed by atoms with van der Waals surface area (Å²) in [5.41, 5.74) is 5.09. The van der Waals surface area contributed by atoms with Gasteiger partial charge in [0, 0.05) is 24.8 Å². The Balaban J connectivity index is 1.10. The van der Waals surface area contributed by atoms with Crippen LogP contribution in [0.2, 0.25) is 0 Å². The Kier molecular flexibility index (Phi) is 8.26. The lowest BCUT2D eigenvalue weighted by Gasteiger charge is -2.26. The minimum atomic E-state index is -1.01. The average Bonchev–Trinajstić information content (AvgIpc) is 3.55. The molecule has 2 aliphatic carbocycles. The molecular formula is C37H38N4O6. The van der Waals surface area contributed by atoms with Crippen LogP contribution in [0.15, 0.2) is 84.0 Å². The summed E-state index contributed by atoms with van der Waals surface area (Å²) in [7, 11) is 0. The Morgan fingerprint density at radius 2 is 1.62 bits per heavy atom. The van der Waals surface area contributed by atoms with Gasteiger partial charge in [-0.05, 0) is 47.1 Å². The van der Waals surface area contributed by atoms with Crippen molar-refractivity contribution in [2.24, 2.45) is 5.16 Å². The summed E-state index contributed by atoms with van der Waals surface area (Å²) >= 11 is 0. The summed E-state index contributed by atoms with van der Waals surface area (Å²) in [5, 5.41) is 9.88. The smallest absolute Gasteiger partial charge is 0.410 e.